The van der Waals surface area contributed by atoms with Crippen molar-refractivity contribution in [2.24, 2.45) is 5.92 Å². The number of nitrogens with one attached hydrogen (secondary N) is 2. The van der Waals surface area contributed by atoms with Crippen LogP contribution in [-0.4, -0.2) is 22.0 Å². The van der Waals surface area contributed by atoms with Gasteiger partial charge in [-0.3, -0.25) is 4.79 Å². The second-order valence-corrected chi connectivity index (χ2v) is 6.33. The standard InChI is InChI=1S/C13H21N3OS/c1-13(2,3)10-8-15-12(18)16(10)7-6-14-11(17)9-4-5-9/h8-9H,4-7H2,1-3H3,(H,14,17)(H,15,18). The summed E-state index contributed by atoms with van der Waals surface area (Å²) in [4.78, 5) is 14.6. The number of hydrogen-bond acceptors (Lipinski definition) is 2. The number of rotatable bonds is 4. The molecular formula is C13H21N3OS. The molecule has 1 fully saturated rings. The number of carbonyl (C=O) groups is 1. The van der Waals surface area contributed by atoms with Gasteiger partial charge in [0.05, 0.1) is 0 Å². The summed E-state index contributed by atoms with van der Waals surface area (Å²) in [6.07, 6.45) is 4.05. The SMILES string of the molecule is CC(C)(C)c1c[nH]c(=S)n1CCNC(=O)C1CC1. The maximum Gasteiger partial charge on any atom is 0.223 e. The van der Waals surface area contributed by atoms with Gasteiger partial charge >= 0.3 is 0 Å². The van der Waals surface area contributed by atoms with Crippen LogP contribution in [0.25, 0.3) is 0 Å². The summed E-state index contributed by atoms with van der Waals surface area (Å²) in [6, 6.07) is 0. The molecular weight excluding hydrogens is 246 g/mol. The molecule has 18 heavy (non-hydrogen) atoms. The summed E-state index contributed by atoms with van der Waals surface area (Å²) in [5.41, 5.74) is 1.22. The van der Waals surface area contributed by atoms with E-state index in [-0.39, 0.29) is 17.2 Å². The summed E-state index contributed by atoms with van der Waals surface area (Å²) >= 11 is 5.28. The number of nitrogens with zero attached hydrogens (tertiary/aromatic N) is 1. The van der Waals surface area contributed by atoms with E-state index >= 15 is 0 Å². The summed E-state index contributed by atoms with van der Waals surface area (Å²) in [5, 5.41) is 2.97. The Balaban J connectivity index is 1.98. The molecule has 5 heteroatoms. The third kappa shape index (κ3) is 3.02. The molecule has 2 N–H and O–H groups in total. The molecule has 0 spiro atoms. The van der Waals surface area contributed by atoms with Crippen molar-refractivity contribution in [3.8, 4) is 0 Å². The Labute approximate surface area is 113 Å². The van der Waals surface area contributed by atoms with Crippen LogP contribution >= 0.6 is 12.2 Å². The smallest absolute Gasteiger partial charge is 0.223 e. The number of amides is 1. The lowest BCUT2D eigenvalue weighted by molar-refractivity contribution is -0.122. The van der Waals surface area contributed by atoms with E-state index in [0.29, 0.717) is 6.54 Å². The van der Waals surface area contributed by atoms with Gasteiger partial charge in [-0.25, -0.2) is 0 Å². The van der Waals surface area contributed by atoms with E-state index < -0.39 is 0 Å². The first-order valence-corrected chi connectivity index (χ1v) is 6.87. The van der Waals surface area contributed by atoms with Crippen LogP contribution < -0.4 is 5.32 Å². The highest BCUT2D eigenvalue weighted by atomic mass is 32.1. The van der Waals surface area contributed by atoms with Gasteiger partial charge in [0.15, 0.2) is 4.77 Å². The summed E-state index contributed by atoms with van der Waals surface area (Å²) in [7, 11) is 0. The highest BCUT2D eigenvalue weighted by Gasteiger charge is 2.29. The van der Waals surface area contributed by atoms with Crippen LogP contribution in [0.1, 0.15) is 39.3 Å². The van der Waals surface area contributed by atoms with Crippen molar-refractivity contribution in [3.63, 3.8) is 0 Å². The average molecular weight is 267 g/mol. The molecule has 1 amide bonds. The number of hydrogen-bond donors (Lipinski definition) is 2. The van der Waals surface area contributed by atoms with Crippen molar-refractivity contribution in [2.75, 3.05) is 6.54 Å². The summed E-state index contributed by atoms with van der Waals surface area (Å²) in [5.74, 6) is 0.459. The first-order valence-electron chi connectivity index (χ1n) is 6.46. The normalized spacial score (nSPS) is 15.7. The van der Waals surface area contributed by atoms with E-state index in [1.807, 2.05) is 6.20 Å². The van der Waals surface area contributed by atoms with E-state index in [2.05, 4.69) is 35.6 Å². The molecule has 0 aliphatic heterocycles. The minimum absolute atomic E-state index is 0.0497. The maximum atomic E-state index is 11.5. The van der Waals surface area contributed by atoms with Crippen LogP contribution in [0.3, 0.4) is 0 Å². The minimum Gasteiger partial charge on any atom is -0.354 e. The molecule has 1 heterocycles. The Morgan fingerprint density at radius 1 is 1.56 bits per heavy atom. The summed E-state index contributed by atoms with van der Waals surface area (Å²) in [6.45, 7) is 7.84. The second-order valence-electron chi connectivity index (χ2n) is 5.95. The monoisotopic (exact) mass is 267 g/mol. The quantitative estimate of drug-likeness (QED) is 0.823. The van der Waals surface area contributed by atoms with Gasteiger partial charge in [-0.05, 0) is 25.1 Å². The van der Waals surface area contributed by atoms with Gasteiger partial charge in [0.2, 0.25) is 5.91 Å². The fourth-order valence-corrected chi connectivity index (χ4v) is 2.27. The zero-order valence-electron chi connectivity index (χ0n) is 11.2. The van der Waals surface area contributed by atoms with Gasteiger partial charge in [-0.2, -0.15) is 0 Å². The third-order valence-corrected chi connectivity index (χ3v) is 3.56. The molecule has 2 rings (SSSR count). The first kappa shape index (κ1) is 13.3. The second kappa shape index (κ2) is 4.88. The van der Waals surface area contributed by atoms with Crippen LogP contribution in [0.2, 0.25) is 0 Å². The lowest BCUT2D eigenvalue weighted by Crippen LogP contribution is -2.29. The Morgan fingerprint density at radius 2 is 2.22 bits per heavy atom. The van der Waals surface area contributed by atoms with Gasteiger partial charge in [-0.1, -0.05) is 20.8 Å². The lowest BCUT2D eigenvalue weighted by atomic mass is 9.92. The molecule has 0 atom stereocenters. The molecule has 0 radical (unpaired) electrons. The molecule has 0 unspecified atom stereocenters. The van der Waals surface area contributed by atoms with Crippen molar-refractivity contribution in [1.29, 1.82) is 0 Å². The predicted molar refractivity (Wildman–Crippen MR) is 74.1 cm³/mol. The van der Waals surface area contributed by atoms with Crippen molar-refractivity contribution < 1.29 is 4.79 Å². The average Bonchev–Trinajstić information content (AvgIpc) is 3.03. The number of imidazole rings is 1. The highest BCUT2D eigenvalue weighted by Crippen LogP contribution is 2.28. The molecule has 4 nitrogen and oxygen atoms in total. The molecule has 100 valence electrons. The number of carbonyl (C=O) groups excluding carboxylic acids is 1. The first-order chi connectivity index (χ1) is 8.39. The molecule has 1 aromatic heterocycles. The van der Waals surface area contributed by atoms with Crippen LogP contribution in [0, 0.1) is 10.7 Å². The van der Waals surface area contributed by atoms with E-state index in [0.717, 1.165) is 24.2 Å². The van der Waals surface area contributed by atoms with E-state index in [4.69, 9.17) is 12.2 Å². The Bertz CT molecular complexity index is 491. The van der Waals surface area contributed by atoms with E-state index in [1.54, 1.807) is 0 Å². The van der Waals surface area contributed by atoms with Crippen LogP contribution in [-0.2, 0) is 16.8 Å². The summed E-state index contributed by atoms with van der Waals surface area (Å²) < 4.78 is 2.79. The predicted octanol–water partition coefficient (Wildman–Crippen LogP) is 2.37. The fraction of sp³-hybridized carbons (Fsp3) is 0.692. The largest absolute Gasteiger partial charge is 0.354 e. The van der Waals surface area contributed by atoms with Crippen LogP contribution in [0.15, 0.2) is 6.20 Å². The zero-order valence-corrected chi connectivity index (χ0v) is 12.1. The van der Waals surface area contributed by atoms with Crippen molar-refractivity contribution in [1.82, 2.24) is 14.9 Å². The van der Waals surface area contributed by atoms with Gasteiger partial charge in [-0.15, -0.1) is 0 Å². The zero-order chi connectivity index (χ0) is 13.3. The minimum atomic E-state index is 0.0497. The van der Waals surface area contributed by atoms with Crippen molar-refractivity contribution in [2.45, 2.75) is 45.6 Å². The Hall–Kier alpha value is -1.10. The number of H-pyrrole nitrogens is 1. The molecule has 1 aliphatic carbocycles. The molecule has 0 aromatic carbocycles. The lowest BCUT2D eigenvalue weighted by Gasteiger charge is -2.20. The molecule has 1 aromatic rings. The third-order valence-electron chi connectivity index (χ3n) is 3.22. The maximum absolute atomic E-state index is 11.5. The molecule has 1 aliphatic rings. The molecule has 1 saturated carbocycles. The topological polar surface area (TPSA) is 49.8 Å². The Kier molecular flexibility index (Phi) is 3.61. The van der Waals surface area contributed by atoms with Crippen molar-refractivity contribution in [3.05, 3.63) is 16.7 Å². The van der Waals surface area contributed by atoms with Crippen LogP contribution in [0.5, 0.6) is 0 Å². The molecule has 0 bridgehead atoms. The van der Waals surface area contributed by atoms with E-state index in [1.165, 1.54) is 5.69 Å². The van der Waals surface area contributed by atoms with Gasteiger partial charge in [0.1, 0.15) is 0 Å². The van der Waals surface area contributed by atoms with Crippen LogP contribution in [0.4, 0.5) is 0 Å². The number of aromatic amines is 1. The Morgan fingerprint density at radius 3 is 2.78 bits per heavy atom. The fourth-order valence-electron chi connectivity index (χ4n) is 2.02. The van der Waals surface area contributed by atoms with Crippen molar-refractivity contribution >= 4 is 18.1 Å². The van der Waals surface area contributed by atoms with Gasteiger partial charge in [0.25, 0.3) is 0 Å². The molecule has 0 saturated heterocycles. The van der Waals surface area contributed by atoms with Gasteiger partial charge < -0.3 is 14.9 Å². The number of aromatic nitrogens is 2. The van der Waals surface area contributed by atoms with E-state index in [9.17, 15) is 4.79 Å². The highest BCUT2D eigenvalue weighted by molar-refractivity contribution is 7.71. The van der Waals surface area contributed by atoms with Gasteiger partial charge in [0, 0.05) is 36.3 Å².